The lowest BCUT2D eigenvalue weighted by Gasteiger charge is -2.10. The number of benzene rings is 2. The third-order valence-corrected chi connectivity index (χ3v) is 2.74. The second kappa shape index (κ2) is 5.49. The van der Waals surface area contributed by atoms with Gasteiger partial charge in [0.15, 0.2) is 0 Å². The highest BCUT2D eigenvalue weighted by Crippen LogP contribution is 2.18. The minimum atomic E-state index is -0.306. The molecule has 2 aromatic carbocycles. The number of para-hydroxylation sites is 1. The molecular weight excluding hydrogens is 245 g/mol. The van der Waals surface area contributed by atoms with Crippen molar-refractivity contribution in [2.75, 3.05) is 10.7 Å². The third kappa shape index (κ3) is 2.89. The lowest BCUT2D eigenvalue weighted by atomic mass is 10.1. The van der Waals surface area contributed by atoms with E-state index in [4.69, 9.17) is 5.84 Å². The Morgan fingerprint density at radius 2 is 1.95 bits per heavy atom. The molecule has 2 rings (SSSR count). The molecule has 98 valence electrons. The van der Waals surface area contributed by atoms with Crippen LogP contribution in [0.4, 0.5) is 15.8 Å². The van der Waals surface area contributed by atoms with E-state index < -0.39 is 0 Å². The molecule has 4 N–H and O–H groups in total. The summed E-state index contributed by atoms with van der Waals surface area (Å²) in [5.41, 5.74) is 4.42. The molecule has 2 aromatic rings. The van der Waals surface area contributed by atoms with Gasteiger partial charge < -0.3 is 10.7 Å². The summed E-state index contributed by atoms with van der Waals surface area (Å²) in [7, 11) is 0. The average molecular weight is 259 g/mol. The molecule has 0 aliphatic heterocycles. The maximum atomic E-state index is 13.1. The van der Waals surface area contributed by atoms with Gasteiger partial charge in [-0.2, -0.15) is 0 Å². The summed E-state index contributed by atoms with van der Waals surface area (Å²) in [5.74, 6) is 4.74. The molecule has 0 aliphatic carbocycles. The van der Waals surface area contributed by atoms with E-state index in [9.17, 15) is 9.18 Å². The number of rotatable bonds is 3. The molecule has 0 unspecified atom stereocenters. The summed E-state index contributed by atoms with van der Waals surface area (Å²) in [6, 6.07) is 11.3. The molecule has 19 heavy (non-hydrogen) atoms. The van der Waals surface area contributed by atoms with Crippen molar-refractivity contribution in [3.63, 3.8) is 0 Å². The molecule has 4 nitrogen and oxygen atoms in total. The Balaban J connectivity index is 2.23. The summed E-state index contributed by atoms with van der Waals surface area (Å²) in [6.45, 7) is 1.64. The predicted molar refractivity (Wildman–Crippen MR) is 73.3 cm³/mol. The molecule has 5 heteroatoms. The van der Waals surface area contributed by atoms with Crippen LogP contribution in [0.3, 0.4) is 0 Å². The van der Waals surface area contributed by atoms with E-state index >= 15 is 0 Å². The highest BCUT2D eigenvalue weighted by molar-refractivity contribution is 6.08. The Morgan fingerprint density at radius 3 is 2.63 bits per heavy atom. The van der Waals surface area contributed by atoms with Gasteiger partial charge in [-0.25, -0.2) is 4.39 Å². The first-order valence-electron chi connectivity index (χ1n) is 5.75. The Kier molecular flexibility index (Phi) is 3.77. The quantitative estimate of drug-likeness (QED) is 0.586. The van der Waals surface area contributed by atoms with Crippen molar-refractivity contribution in [1.82, 2.24) is 0 Å². The van der Waals surface area contributed by atoms with Crippen LogP contribution in [0.5, 0.6) is 0 Å². The van der Waals surface area contributed by atoms with E-state index in [2.05, 4.69) is 10.7 Å². The minimum absolute atomic E-state index is 0.304. The molecule has 0 spiro atoms. The second-order valence-electron chi connectivity index (χ2n) is 4.11. The lowest BCUT2D eigenvalue weighted by molar-refractivity contribution is 0.102. The molecule has 0 aromatic heterocycles. The van der Waals surface area contributed by atoms with Crippen molar-refractivity contribution >= 4 is 17.3 Å². The first-order valence-corrected chi connectivity index (χ1v) is 5.75. The Morgan fingerprint density at radius 1 is 1.21 bits per heavy atom. The highest BCUT2D eigenvalue weighted by Gasteiger charge is 2.10. The molecule has 0 bridgehead atoms. The first kappa shape index (κ1) is 13.0. The fourth-order valence-corrected chi connectivity index (χ4v) is 1.73. The Bertz CT molecular complexity index is 613. The first-order chi connectivity index (χ1) is 9.11. The lowest BCUT2D eigenvalue weighted by Crippen LogP contribution is -2.17. The number of amides is 1. The highest BCUT2D eigenvalue weighted by atomic mass is 19.1. The van der Waals surface area contributed by atoms with E-state index in [1.54, 1.807) is 37.3 Å². The molecule has 0 saturated heterocycles. The van der Waals surface area contributed by atoms with Crippen molar-refractivity contribution in [2.24, 2.45) is 5.84 Å². The summed E-state index contributed by atoms with van der Waals surface area (Å²) in [6.07, 6.45) is 0. The van der Waals surface area contributed by atoms with Gasteiger partial charge in [0.25, 0.3) is 5.91 Å². The number of halogens is 1. The number of nitrogens with one attached hydrogen (secondary N) is 2. The maximum absolute atomic E-state index is 13.1. The molecule has 0 saturated carbocycles. The maximum Gasteiger partial charge on any atom is 0.257 e. The number of carbonyl (C=O) groups is 1. The zero-order chi connectivity index (χ0) is 13.8. The van der Waals surface area contributed by atoms with E-state index in [0.29, 0.717) is 22.5 Å². The van der Waals surface area contributed by atoms with Crippen LogP contribution in [-0.4, -0.2) is 5.91 Å². The van der Waals surface area contributed by atoms with Crippen LogP contribution < -0.4 is 16.6 Å². The molecule has 0 fully saturated rings. The van der Waals surface area contributed by atoms with Crippen LogP contribution in [0, 0.1) is 12.7 Å². The molecule has 0 atom stereocenters. The normalized spacial score (nSPS) is 10.1. The van der Waals surface area contributed by atoms with Crippen LogP contribution >= 0.6 is 0 Å². The molecule has 0 radical (unpaired) electrons. The van der Waals surface area contributed by atoms with Crippen molar-refractivity contribution in [1.29, 1.82) is 0 Å². The Hall–Kier alpha value is -2.40. The summed E-state index contributed by atoms with van der Waals surface area (Å²) >= 11 is 0. The van der Waals surface area contributed by atoms with Gasteiger partial charge in [0.05, 0.1) is 11.3 Å². The van der Waals surface area contributed by atoms with Crippen LogP contribution in [0.15, 0.2) is 42.5 Å². The zero-order valence-electron chi connectivity index (χ0n) is 10.4. The molecule has 1 amide bonds. The monoisotopic (exact) mass is 259 g/mol. The van der Waals surface area contributed by atoms with Crippen molar-refractivity contribution in [3.8, 4) is 0 Å². The van der Waals surface area contributed by atoms with Crippen LogP contribution in [0.1, 0.15) is 15.9 Å². The second-order valence-corrected chi connectivity index (χ2v) is 4.11. The van der Waals surface area contributed by atoms with Gasteiger partial charge >= 0.3 is 0 Å². The number of hydrazine groups is 1. The zero-order valence-corrected chi connectivity index (χ0v) is 10.4. The van der Waals surface area contributed by atoms with E-state index in [0.717, 1.165) is 0 Å². The van der Waals surface area contributed by atoms with Crippen molar-refractivity contribution < 1.29 is 9.18 Å². The number of hydrogen-bond acceptors (Lipinski definition) is 3. The molecule has 0 heterocycles. The third-order valence-electron chi connectivity index (χ3n) is 2.74. The van der Waals surface area contributed by atoms with Gasteiger partial charge in [-0.15, -0.1) is 0 Å². The number of carbonyl (C=O) groups excluding carboxylic acids is 1. The number of hydrogen-bond donors (Lipinski definition) is 3. The largest absolute Gasteiger partial charge is 0.323 e. The fourth-order valence-electron chi connectivity index (χ4n) is 1.73. The van der Waals surface area contributed by atoms with Gasteiger partial charge in [-0.05, 0) is 42.8 Å². The SMILES string of the molecule is Cc1cc(NC(=O)c2ccccc2NN)ccc1F. The van der Waals surface area contributed by atoms with Gasteiger partial charge in [-0.3, -0.25) is 10.6 Å². The van der Waals surface area contributed by atoms with Crippen LogP contribution in [0.2, 0.25) is 0 Å². The number of nitrogens with two attached hydrogens (primary N) is 1. The number of anilines is 2. The minimum Gasteiger partial charge on any atom is -0.323 e. The van der Waals surface area contributed by atoms with Gasteiger partial charge in [0.2, 0.25) is 0 Å². The van der Waals surface area contributed by atoms with Gasteiger partial charge in [0, 0.05) is 5.69 Å². The van der Waals surface area contributed by atoms with E-state index in [1.807, 2.05) is 0 Å². The van der Waals surface area contributed by atoms with Gasteiger partial charge in [0.1, 0.15) is 5.82 Å². The summed E-state index contributed by atoms with van der Waals surface area (Å²) in [5, 5.41) is 2.70. The Labute approximate surface area is 110 Å². The topological polar surface area (TPSA) is 67.2 Å². The van der Waals surface area contributed by atoms with E-state index in [-0.39, 0.29) is 11.7 Å². The molecular formula is C14H14FN3O. The molecule has 0 aliphatic rings. The summed E-state index contributed by atoms with van der Waals surface area (Å²) in [4.78, 5) is 12.1. The average Bonchev–Trinajstić information content (AvgIpc) is 2.43. The van der Waals surface area contributed by atoms with Crippen molar-refractivity contribution in [3.05, 3.63) is 59.4 Å². The predicted octanol–water partition coefficient (Wildman–Crippen LogP) is 2.67. The van der Waals surface area contributed by atoms with Crippen LogP contribution in [0.25, 0.3) is 0 Å². The fraction of sp³-hybridized carbons (Fsp3) is 0.0714. The number of aryl methyl sites for hydroxylation is 1. The summed E-state index contributed by atoms with van der Waals surface area (Å²) < 4.78 is 13.1. The standard InChI is InChI=1S/C14H14FN3O/c1-9-8-10(6-7-12(9)15)17-14(19)11-4-2-3-5-13(11)18-16/h2-8,18H,16H2,1H3,(H,17,19). The van der Waals surface area contributed by atoms with Gasteiger partial charge in [-0.1, -0.05) is 12.1 Å². The van der Waals surface area contributed by atoms with Crippen LogP contribution in [-0.2, 0) is 0 Å². The smallest absolute Gasteiger partial charge is 0.257 e. The number of nitrogen functional groups attached to an aromatic ring is 1. The van der Waals surface area contributed by atoms with E-state index in [1.165, 1.54) is 12.1 Å². The van der Waals surface area contributed by atoms with Crippen molar-refractivity contribution in [2.45, 2.75) is 6.92 Å².